The first-order chi connectivity index (χ1) is 36.6. The fraction of sp³-hybridized carbons (Fsp3) is 0.353. The van der Waals surface area contributed by atoms with Crippen LogP contribution in [0, 0.1) is 0 Å². The molecule has 0 saturated heterocycles. The molecule has 406 valence electrons. The molecule has 0 atom stereocenters. The van der Waals surface area contributed by atoms with Crippen molar-refractivity contribution in [1.29, 1.82) is 0 Å². The molecule has 0 aliphatic heterocycles. The van der Waals surface area contributed by atoms with Crippen molar-refractivity contribution >= 4 is 16.9 Å². The maximum absolute atomic E-state index is 14.1. The number of halogens is 8. The Bertz CT molecular complexity index is 3410. The lowest BCUT2D eigenvalue weighted by Crippen LogP contribution is -2.43. The molecule has 10 rings (SSSR count). The van der Waals surface area contributed by atoms with Crippen molar-refractivity contribution in [3.63, 3.8) is 0 Å². The number of ether oxygens (including phenoxy) is 6. The average molecular weight is 1080 g/mol. The van der Waals surface area contributed by atoms with Gasteiger partial charge in [-0.25, -0.2) is 8.78 Å². The summed E-state index contributed by atoms with van der Waals surface area (Å²) in [5, 5.41) is 21.6. The summed E-state index contributed by atoms with van der Waals surface area (Å²) in [4.78, 5) is 12.7. The highest BCUT2D eigenvalue weighted by atomic mass is 19.3. The van der Waals surface area contributed by atoms with Gasteiger partial charge in [-0.05, 0) is 114 Å². The quantitative estimate of drug-likeness (QED) is 0.0784. The molecule has 18 nitrogen and oxygen atoms in total. The molecule has 26 heteroatoms. The molecule has 0 N–H and O–H groups in total. The van der Waals surface area contributed by atoms with Crippen LogP contribution in [-0.4, -0.2) is 103 Å². The number of hydrogen-bond donors (Lipinski definition) is 0. The molecule has 0 unspecified atom stereocenters. The lowest BCUT2D eigenvalue weighted by atomic mass is 9.91. The number of fused-ring (bicyclic) bond motifs is 3. The van der Waals surface area contributed by atoms with Crippen LogP contribution in [0.4, 0.5) is 35.1 Å². The van der Waals surface area contributed by atoms with Crippen molar-refractivity contribution in [2.24, 2.45) is 0 Å². The Labute approximate surface area is 434 Å². The lowest BCUT2D eigenvalue weighted by Gasteiger charge is -2.34. The highest BCUT2D eigenvalue weighted by Crippen LogP contribution is 2.40. The smallest absolute Gasteiger partial charge is 0.418 e. The van der Waals surface area contributed by atoms with Crippen molar-refractivity contribution in [2.75, 3.05) is 20.3 Å². The molecule has 1 fully saturated rings. The second kappa shape index (κ2) is 22.7. The van der Waals surface area contributed by atoms with Crippen LogP contribution in [0.15, 0.2) is 110 Å². The van der Waals surface area contributed by atoms with Gasteiger partial charge in [0.1, 0.15) is 23.4 Å². The minimum absolute atomic E-state index is 0.0701. The Morgan fingerprint density at radius 3 is 1.13 bits per heavy atom. The highest BCUT2D eigenvalue weighted by molar-refractivity contribution is 5.63. The second-order valence-corrected chi connectivity index (χ2v) is 17.6. The van der Waals surface area contributed by atoms with E-state index in [4.69, 9.17) is 14.2 Å². The molecule has 3 aromatic carbocycles. The Morgan fingerprint density at radius 1 is 0.506 bits per heavy atom. The molecule has 77 heavy (non-hydrogen) atoms. The number of rotatable bonds is 17. The summed E-state index contributed by atoms with van der Waals surface area (Å²) < 4.78 is 143. The van der Waals surface area contributed by atoms with E-state index in [1.807, 2.05) is 64.1 Å². The fourth-order valence-electron chi connectivity index (χ4n) is 7.57. The van der Waals surface area contributed by atoms with Crippen molar-refractivity contribution < 1.29 is 63.5 Å². The van der Waals surface area contributed by atoms with Crippen LogP contribution >= 0.6 is 0 Å². The third-order valence-corrected chi connectivity index (χ3v) is 11.1. The van der Waals surface area contributed by atoms with Crippen LogP contribution in [0.3, 0.4) is 0 Å². The monoisotopic (exact) mass is 1080 g/mol. The Hall–Kier alpha value is -7.97. The molecule has 0 amide bonds. The first-order valence-electron chi connectivity index (χ1n) is 23.9. The predicted octanol–water partition coefficient (Wildman–Crippen LogP) is 11.0. The van der Waals surface area contributed by atoms with E-state index < -0.39 is 47.8 Å². The molecular weight excluding hydrogens is 1030 g/mol. The van der Waals surface area contributed by atoms with Gasteiger partial charge >= 0.3 is 18.3 Å². The molecule has 1 aliphatic carbocycles. The van der Waals surface area contributed by atoms with E-state index in [9.17, 15) is 35.1 Å². The summed E-state index contributed by atoms with van der Waals surface area (Å²) in [7, 11) is 0.913. The number of alkyl halides is 8. The van der Waals surface area contributed by atoms with Crippen molar-refractivity contribution in [3.05, 3.63) is 127 Å². The molecule has 0 radical (unpaired) electrons. The predicted molar refractivity (Wildman–Crippen MR) is 261 cm³/mol. The van der Waals surface area contributed by atoms with Gasteiger partial charge in [-0.3, -0.25) is 28.2 Å². The molecule has 9 aromatic rings. The Morgan fingerprint density at radius 2 is 0.831 bits per heavy atom. The third-order valence-electron chi connectivity index (χ3n) is 11.1. The molecule has 6 heterocycles. The van der Waals surface area contributed by atoms with E-state index in [2.05, 4.69) is 59.8 Å². The van der Waals surface area contributed by atoms with Crippen LogP contribution in [0.25, 0.3) is 50.7 Å². The van der Waals surface area contributed by atoms with Crippen LogP contribution in [0.5, 0.6) is 17.2 Å². The topological polar surface area (TPSA) is 185 Å². The van der Waals surface area contributed by atoms with Gasteiger partial charge in [-0.15, -0.1) is 30.6 Å². The lowest BCUT2D eigenvalue weighted by molar-refractivity contribution is -0.252. The molecule has 0 bridgehead atoms. The van der Waals surface area contributed by atoms with E-state index >= 15 is 0 Å². The molecule has 1 aliphatic rings. The van der Waals surface area contributed by atoms with Gasteiger partial charge in [0, 0.05) is 55.2 Å². The fourth-order valence-corrected chi connectivity index (χ4v) is 7.57. The largest absolute Gasteiger partial charge is 0.491 e. The summed E-state index contributed by atoms with van der Waals surface area (Å²) in [6.07, 6.45) is -3.18. The van der Waals surface area contributed by atoms with Crippen molar-refractivity contribution in [3.8, 4) is 51.0 Å². The summed E-state index contributed by atoms with van der Waals surface area (Å²) in [6.45, 7) is 10.4. The van der Waals surface area contributed by atoms with Gasteiger partial charge in [-0.1, -0.05) is 0 Å². The molecule has 1 saturated carbocycles. The van der Waals surface area contributed by atoms with E-state index in [1.54, 1.807) is 36.4 Å². The van der Waals surface area contributed by atoms with E-state index in [1.165, 1.54) is 59.8 Å². The van der Waals surface area contributed by atoms with Crippen molar-refractivity contribution in [2.45, 2.75) is 96.9 Å². The third kappa shape index (κ3) is 13.0. The highest BCUT2D eigenvalue weighted by Gasteiger charge is 2.47. The number of hydrogen-bond acceptors (Lipinski definition) is 15. The summed E-state index contributed by atoms with van der Waals surface area (Å²) in [5.41, 5.74) is 4.16. The maximum atomic E-state index is 14.1. The molecular formula is C51H50F8N12O6. The zero-order valence-electron chi connectivity index (χ0n) is 42.3. The number of aromatic nitrogens is 12. The van der Waals surface area contributed by atoms with Crippen LogP contribution in [0.1, 0.15) is 71.9 Å². The van der Waals surface area contributed by atoms with Crippen LogP contribution < -0.4 is 14.2 Å². The number of methoxy groups -OCH3 is 1. The zero-order chi connectivity index (χ0) is 55.3. The first-order valence-corrected chi connectivity index (χ1v) is 23.9. The maximum Gasteiger partial charge on any atom is 0.418 e. The first kappa shape index (κ1) is 55.3. The summed E-state index contributed by atoms with van der Waals surface area (Å²) >= 11 is 0. The summed E-state index contributed by atoms with van der Waals surface area (Å²) in [6, 6.07) is 21.1. The average Bonchev–Trinajstić information content (AvgIpc) is 4.16. The minimum atomic E-state index is -3.59. The van der Waals surface area contributed by atoms with E-state index in [0.29, 0.717) is 28.4 Å². The van der Waals surface area contributed by atoms with Gasteiger partial charge in [0.15, 0.2) is 16.9 Å². The van der Waals surface area contributed by atoms with E-state index in [-0.39, 0.29) is 55.2 Å². The van der Waals surface area contributed by atoms with Crippen molar-refractivity contribution in [1.82, 2.24) is 58.7 Å². The van der Waals surface area contributed by atoms with Gasteiger partial charge in [0.05, 0.1) is 61.1 Å². The Balaban J connectivity index is 0.000000153. The standard InChI is InChI=1S/C18H16F4N4O2.C17H18F2N4O2.C16H16F2N4O2/c1-2-27-18(21,22)16-25-24-15-9-23-14(10-26(15)16)11-3-5-12(6-4-11)28-13-7-17(19,20)8-13;1-4-24-17(18,19)16-22-21-15-9-20-14(10-23(15)16)12-5-7-13(8-6-12)25-11(2)3;1-10(2)24-12-6-4-11(5-7-12)13-9-22-14(8-19-13)20-21-15(22)16(17,18)23-3/h3-6,9-10,13H,2,7-8H2,1H3;5-11H,4H2,1-3H3;4-10H,1-3H3. The Kier molecular flexibility index (Phi) is 16.3. The van der Waals surface area contributed by atoms with Gasteiger partial charge in [0.2, 0.25) is 17.5 Å². The van der Waals surface area contributed by atoms with Gasteiger partial charge < -0.3 is 28.4 Å². The second-order valence-electron chi connectivity index (χ2n) is 17.6. The molecule has 6 aromatic heterocycles. The van der Waals surface area contributed by atoms with Crippen LogP contribution in [0.2, 0.25) is 0 Å². The normalized spacial score (nSPS) is 13.8. The van der Waals surface area contributed by atoms with E-state index in [0.717, 1.165) is 34.1 Å². The van der Waals surface area contributed by atoms with Crippen LogP contribution in [-0.2, 0) is 32.5 Å². The number of benzene rings is 3. The zero-order valence-corrected chi connectivity index (χ0v) is 42.3. The minimum Gasteiger partial charge on any atom is -0.491 e. The summed E-state index contributed by atoms with van der Waals surface area (Å²) in [5.74, 6) is -2.55. The number of nitrogens with zero attached hydrogens (tertiary/aromatic N) is 12. The van der Waals surface area contributed by atoms with Gasteiger partial charge in [0.25, 0.3) is 5.92 Å². The molecule has 0 spiro atoms. The van der Waals surface area contributed by atoms with Gasteiger partial charge in [-0.2, -0.15) is 26.3 Å². The SMILES string of the molecule is CCOC(F)(F)c1nnc2cnc(-c3ccc(OC(C)C)cc3)cn12.CCOC(F)(F)c1nnc2cnc(-c3ccc(OC4CC(F)(F)C4)cc3)cn12.COC(F)(F)c1nnc2cnc(-c3ccc(OC(C)C)cc3)cn12.